The van der Waals surface area contributed by atoms with Crippen molar-refractivity contribution in [2.75, 3.05) is 20.3 Å². The molecule has 0 saturated carbocycles. The molecule has 1 N–H and O–H groups in total. The van der Waals surface area contributed by atoms with Crippen LogP contribution in [0.25, 0.3) is 0 Å². The van der Waals surface area contributed by atoms with E-state index in [0.29, 0.717) is 31.8 Å². The van der Waals surface area contributed by atoms with E-state index < -0.39 is 5.54 Å². The van der Waals surface area contributed by atoms with Crippen molar-refractivity contribution in [1.29, 1.82) is 0 Å². The molecular weight excluding hydrogens is 273 g/mol. The van der Waals surface area contributed by atoms with Gasteiger partial charge in [0.1, 0.15) is 17.1 Å². The van der Waals surface area contributed by atoms with E-state index in [2.05, 4.69) is 5.32 Å². The highest BCUT2D eigenvalue weighted by Crippen LogP contribution is 2.20. The van der Waals surface area contributed by atoms with Crippen LogP contribution in [-0.4, -0.2) is 31.8 Å². The summed E-state index contributed by atoms with van der Waals surface area (Å²) in [6.07, 6.45) is 1.24. The summed E-state index contributed by atoms with van der Waals surface area (Å²) < 4.78 is 23.8. The van der Waals surface area contributed by atoms with Gasteiger partial charge in [0.2, 0.25) is 0 Å². The molecule has 1 rings (SSSR count). The third-order valence-electron chi connectivity index (χ3n) is 3.51. The number of hydrogen-bond donors (Lipinski definition) is 1. The molecule has 1 aromatic carbocycles. The Morgan fingerprint density at radius 1 is 1.43 bits per heavy atom. The Morgan fingerprint density at radius 3 is 2.76 bits per heavy atom. The van der Waals surface area contributed by atoms with Crippen molar-refractivity contribution in [2.24, 2.45) is 0 Å². The smallest absolute Gasteiger partial charge is 0.326 e. The first-order valence-corrected chi connectivity index (χ1v) is 7.18. The lowest BCUT2D eigenvalue weighted by Gasteiger charge is -2.26. The minimum atomic E-state index is -0.726. The molecule has 0 heterocycles. The quantitative estimate of drug-likeness (QED) is 0.592. The van der Waals surface area contributed by atoms with Gasteiger partial charge in [0, 0.05) is 6.07 Å². The number of aryl methyl sites for hydroxylation is 1. The van der Waals surface area contributed by atoms with E-state index in [1.54, 1.807) is 27.0 Å². The molecule has 4 nitrogen and oxygen atoms in total. The van der Waals surface area contributed by atoms with Crippen LogP contribution in [0.15, 0.2) is 18.2 Å². The molecule has 0 aliphatic carbocycles. The highest BCUT2D eigenvalue weighted by Gasteiger charge is 2.32. The van der Waals surface area contributed by atoms with Crippen LogP contribution in [0, 0.1) is 12.7 Å². The van der Waals surface area contributed by atoms with E-state index in [4.69, 9.17) is 9.47 Å². The van der Waals surface area contributed by atoms with Crippen molar-refractivity contribution in [3.05, 3.63) is 29.6 Å². The van der Waals surface area contributed by atoms with Crippen LogP contribution in [0.2, 0.25) is 0 Å². The van der Waals surface area contributed by atoms with Gasteiger partial charge in [-0.25, -0.2) is 4.39 Å². The number of likely N-dealkylation sites (N-methyl/N-ethyl adjacent to an activating group) is 1. The van der Waals surface area contributed by atoms with Gasteiger partial charge in [-0.3, -0.25) is 4.79 Å². The summed E-state index contributed by atoms with van der Waals surface area (Å²) in [5.74, 6) is -0.0473. The molecule has 0 aliphatic rings. The molecule has 5 heteroatoms. The van der Waals surface area contributed by atoms with Crippen LogP contribution in [0.4, 0.5) is 4.39 Å². The molecule has 0 amide bonds. The molecule has 1 unspecified atom stereocenters. The van der Waals surface area contributed by atoms with Crippen molar-refractivity contribution in [3.8, 4) is 5.75 Å². The molecule has 0 fully saturated rings. The first kappa shape index (κ1) is 17.4. The second-order valence-corrected chi connectivity index (χ2v) is 5.16. The van der Waals surface area contributed by atoms with E-state index in [0.717, 1.165) is 5.56 Å². The van der Waals surface area contributed by atoms with E-state index >= 15 is 0 Å². The number of carbonyl (C=O) groups is 1. The third-order valence-corrected chi connectivity index (χ3v) is 3.51. The van der Waals surface area contributed by atoms with E-state index in [1.807, 2.05) is 6.92 Å². The lowest BCUT2D eigenvalue weighted by molar-refractivity contribution is -0.150. The van der Waals surface area contributed by atoms with Crippen LogP contribution < -0.4 is 10.1 Å². The van der Waals surface area contributed by atoms with Gasteiger partial charge < -0.3 is 14.8 Å². The number of halogens is 1. The molecule has 1 aromatic rings. The fourth-order valence-electron chi connectivity index (χ4n) is 1.96. The molecule has 0 aromatic heterocycles. The largest absolute Gasteiger partial charge is 0.493 e. The van der Waals surface area contributed by atoms with E-state index in [-0.39, 0.29) is 11.8 Å². The maximum absolute atomic E-state index is 13.1. The first-order chi connectivity index (χ1) is 9.92. The predicted octanol–water partition coefficient (Wildman–Crippen LogP) is 2.83. The second-order valence-electron chi connectivity index (χ2n) is 5.16. The van der Waals surface area contributed by atoms with Crippen molar-refractivity contribution in [3.63, 3.8) is 0 Å². The number of hydrogen-bond acceptors (Lipinski definition) is 4. The van der Waals surface area contributed by atoms with Crippen LogP contribution in [0.5, 0.6) is 5.75 Å². The van der Waals surface area contributed by atoms with Crippen LogP contribution in [0.3, 0.4) is 0 Å². The second kappa shape index (κ2) is 7.98. The Hall–Kier alpha value is -1.62. The summed E-state index contributed by atoms with van der Waals surface area (Å²) in [4.78, 5) is 11.9. The standard InChI is InChI=1S/C16H24FNO3/c1-5-20-15(19)16(3,18-4)9-6-10-21-14-11-13(17)8-7-12(14)2/h7-8,11,18H,5-6,9-10H2,1-4H3. The summed E-state index contributed by atoms with van der Waals surface area (Å²) >= 11 is 0. The predicted molar refractivity (Wildman–Crippen MR) is 80.0 cm³/mol. The van der Waals surface area contributed by atoms with Crippen LogP contribution >= 0.6 is 0 Å². The molecular formula is C16H24FNO3. The van der Waals surface area contributed by atoms with Crippen LogP contribution in [-0.2, 0) is 9.53 Å². The molecule has 0 radical (unpaired) electrons. The lowest BCUT2D eigenvalue weighted by atomic mass is 9.96. The Labute approximate surface area is 125 Å². The summed E-state index contributed by atoms with van der Waals surface area (Å²) in [6, 6.07) is 4.46. The maximum Gasteiger partial charge on any atom is 0.326 e. The molecule has 0 aliphatic heterocycles. The van der Waals surface area contributed by atoms with Gasteiger partial charge in [0.05, 0.1) is 13.2 Å². The number of rotatable bonds is 8. The van der Waals surface area contributed by atoms with Crippen molar-refractivity contribution >= 4 is 5.97 Å². The number of carbonyl (C=O) groups excluding carboxylic acids is 1. The molecule has 0 spiro atoms. The highest BCUT2D eigenvalue weighted by molar-refractivity contribution is 5.80. The van der Waals surface area contributed by atoms with Crippen LogP contribution in [0.1, 0.15) is 32.3 Å². The number of esters is 1. The first-order valence-electron chi connectivity index (χ1n) is 7.18. The normalized spacial score (nSPS) is 13.6. The van der Waals surface area contributed by atoms with Crippen molar-refractivity contribution in [1.82, 2.24) is 5.32 Å². The van der Waals surface area contributed by atoms with E-state index in [1.165, 1.54) is 12.1 Å². The fraction of sp³-hybridized carbons (Fsp3) is 0.562. The molecule has 118 valence electrons. The number of ether oxygens (including phenoxy) is 2. The zero-order valence-corrected chi connectivity index (χ0v) is 13.2. The van der Waals surface area contributed by atoms with Gasteiger partial charge >= 0.3 is 5.97 Å². The topological polar surface area (TPSA) is 47.6 Å². The number of benzene rings is 1. The zero-order chi connectivity index (χ0) is 15.9. The Bertz CT molecular complexity index is 479. The van der Waals surface area contributed by atoms with Gasteiger partial charge in [-0.05, 0) is 52.3 Å². The van der Waals surface area contributed by atoms with Gasteiger partial charge in [0.25, 0.3) is 0 Å². The third kappa shape index (κ3) is 5.01. The summed E-state index contributed by atoms with van der Waals surface area (Å²) in [6.45, 7) is 6.23. The van der Waals surface area contributed by atoms with Gasteiger partial charge in [-0.2, -0.15) is 0 Å². The SMILES string of the molecule is CCOC(=O)C(C)(CCCOc1cc(F)ccc1C)NC. The summed E-state index contributed by atoms with van der Waals surface area (Å²) in [5.41, 5.74) is 0.161. The summed E-state index contributed by atoms with van der Waals surface area (Å²) in [7, 11) is 1.73. The minimum Gasteiger partial charge on any atom is -0.493 e. The molecule has 0 saturated heterocycles. The summed E-state index contributed by atoms with van der Waals surface area (Å²) in [5, 5.41) is 2.99. The highest BCUT2D eigenvalue weighted by atomic mass is 19.1. The Kier molecular flexibility index (Phi) is 6.62. The van der Waals surface area contributed by atoms with Gasteiger partial charge in [0.15, 0.2) is 0 Å². The monoisotopic (exact) mass is 297 g/mol. The average Bonchev–Trinajstić information content (AvgIpc) is 2.47. The maximum atomic E-state index is 13.1. The Morgan fingerprint density at radius 2 is 2.14 bits per heavy atom. The molecule has 21 heavy (non-hydrogen) atoms. The Balaban J connectivity index is 2.48. The molecule has 1 atom stereocenters. The van der Waals surface area contributed by atoms with Gasteiger partial charge in [-0.15, -0.1) is 0 Å². The minimum absolute atomic E-state index is 0.269. The average molecular weight is 297 g/mol. The van der Waals surface area contributed by atoms with Crippen molar-refractivity contribution in [2.45, 2.75) is 39.2 Å². The zero-order valence-electron chi connectivity index (χ0n) is 13.2. The molecule has 0 bridgehead atoms. The lowest BCUT2D eigenvalue weighted by Crippen LogP contribution is -2.48. The van der Waals surface area contributed by atoms with Gasteiger partial charge in [-0.1, -0.05) is 6.07 Å². The number of nitrogens with one attached hydrogen (secondary N) is 1. The fourth-order valence-corrected chi connectivity index (χ4v) is 1.96. The van der Waals surface area contributed by atoms with Crippen molar-refractivity contribution < 1.29 is 18.7 Å². The van der Waals surface area contributed by atoms with E-state index in [9.17, 15) is 9.18 Å².